The van der Waals surface area contributed by atoms with Crippen LogP contribution in [0.3, 0.4) is 0 Å². The Balaban J connectivity index is 5.71. The fraction of sp³-hybridized carbons (Fsp3) is 0.778. The predicted octanol–water partition coefficient (Wildman–Crippen LogP) is 4.57. The maximum atomic E-state index is 13.6. The fourth-order valence-electron chi connectivity index (χ4n) is 1.32. The molecule has 0 bridgehead atoms. The first-order chi connectivity index (χ1) is 6.95. The molecule has 0 atom stereocenters. The molecule has 0 aromatic rings. The molecule has 0 aromatic carbocycles. The van der Waals surface area contributed by atoms with Crippen LogP contribution >= 0.6 is 5.51 Å². The summed E-state index contributed by atoms with van der Waals surface area (Å²) in [4.78, 5) is 0. The number of hydrogen-bond acceptors (Lipinski definition) is 0. The summed E-state index contributed by atoms with van der Waals surface area (Å²) in [7, 11) is 0. The quantitative estimate of drug-likeness (QED) is 0.404. The van der Waals surface area contributed by atoms with E-state index in [1.54, 1.807) is 27.7 Å². The molecule has 0 nitrogen and oxygen atoms in total. The number of rotatable bonds is 3. The van der Waals surface area contributed by atoms with Crippen LogP contribution in [0.4, 0.5) is 22.0 Å². The summed E-state index contributed by atoms with van der Waals surface area (Å²) in [5.74, 6) is -2.60. The maximum absolute atomic E-state index is 13.6. The molecule has 0 saturated heterocycles. The fourth-order valence-corrected chi connectivity index (χ4v) is 4.36. The van der Waals surface area contributed by atoms with E-state index in [0.717, 1.165) is 0 Å². The van der Waals surface area contributed by atoms with Gasteiger partial charge in [0.25, 0.3) is 0 Å². The van der Waals surface area contributed by atoms with Crippen LogP contribution in [-0.2, 0) is 0 Å². The van der Waals surface area contributed by atoms with Crippen molar-refractivity contribution >= 4 is 20.6 Å². The van der Waals surface area contributed by atoms with Crippen LogP contribution in [0.15, 0.2) is 11.4 Å². The van der Waals surface area contributed by atoms with Gasteiger partial charge in [0, 0.05) is 0 Å². The molecule has 0 aromatic heterocycles. The van der Waals surface area contributed by atoms with Crippen LogP contribution in [0.5, 0.6) is 0 Å². The summed E-state index contributed by atoms with van der Waals surface area (Å²) >= 11 is 2.48. The van der Waals surface area contributed by atoms with E-state index in [4.69, 9.17) is 0 Å². The normalized spacial score (nSPS) is 15.7. The molecule has 0 rings (SSSR count). The predicted molar refractivity (Wildman–Crippen MR) is 58.2 cm³/mol. The summed E-state index contributed by atoms with van der Waals surface area (Å²) in [6.07, 6.45) is -5.25. The molecule has 96 valence electrons. The Labute approximate surface area is 99.5 Å². The molecule has 0 aliphatic carbocycles. The topological polar surface area (TPSA) is 0 Å². The number of halogens is 5. The monoisotopic (exact) mass is 328 g/mol. The van der Waals surface area contributed by atoms with E-state index in [1.807, 2.05) is 0 Å². The van der Waals surface area contributed by atoms with E-state index in [9.17, 15) is 22.0 Å². The molecule has 0 fully saturated rings. The van der Waals surface area contributed by atoms with E-state index in [-0.39, 0.29) is 11.3 Å². The number of hydrogen-bond donors (Lipinski definition) is 0. The van der Waals surface area contributed by atoms with Crippen LogP contribution < -0.4 is 0 Å². The number of allylic oxidation sites excluding steroid dienone is 1. The van der Waals surface area contributed by atoms with Crippen molar-refractivity contribution in [3.63, 3.8) is 0 Å². The van der Waals surface area contributed by atoms with E-state index < -0.39 is 23.1 Å². The van der Waals surface area contributed by atoms with Crippen LogP contribution in [0.2, 0.25) is 0 Å². The van der Waals surface area contributed by atoms with Crippen molar-refractivity contribution in [2.45, 2.75) is 45.2 Å². The van der Waals surface area contributed by atoms with Gasteiger partial charge in [-0.3, -0.25) is 0 Å². The molecule has 0 aliphatic rings. The molecule has 0 spiro atoms. The Hall–Kier alpha value is 0.339. The molecular formula is C9H14F5PSe. The summed E-state index contributed by atoms with van der Waals surface area (Å²) in [5.41, 5.74) is -5.26. The molecule has 0 heterocycles. The Bertz CT molecular complexity index is 317. The molecule has 0 saturated carbocycles. The van der Waals surface area contributed by atoms with Gasteiger partial charge >= 0.3 is 99.1 Å². The molecule has 0 radical (unpaired) electrons. The van der Waals surface area contributed by atoms with Gasteiger partial charge in [-0.25, -0.2) is 0 Å². The van der Waals surface area contributed by atoms with Gasteiger partial charge in [0.05, 0.1) is 0 Å². The zero-order valence-corrected chi connectivity index (χ0v) is 12.0. The summed E-state index contributed by atoms with van der Waals surface area (Å²) in [5, 5.41) is 0. The molecule has 7 heteroatoms. The summed E-state index contributed by atoms with van der Waals surface area (Å²) in [6, 6.07) is 0. The molecule has 0 aliphatic heterocycles. The summed E-state index contributed by atoms with van der Waals surface area (Å²) in [6.45, 7) is 6.36. The van der Waals surface area contributed by atoms with Crippen molar-refractivity contribution in [1.29, 1.82) is 0 Å². The second-order valence-electron chi connectivity index (χ2n) is 4.00. The van der Waals surface area contributed by atoms with Crippen LogP contribution in [0.1, 0.15) is 27.7 Å². The van der Waals surface area contributed by atoms with E-state index in [2.05, 4.69) is 15.1 Å². The average Bonchev–Trinajstić information content (AvgIpc) is 2.11. The first-order valence-corrected chi connectivity index (χ1v) is 8.82. The first kappa shape index (κ1) is 16.3. The third-order valence-electron chi connectivity index (χ3n) is 2.27. The molecule has 0 N–H and O–H groups in total. The summed E-state index contributed by atoms with van der Waals surface area (Å²) < 4.78 is 62.8. The SMILES string of the molecule is CC(C)P(=[Se])(/C(F)=C(/F)C(F)(F)F)C(C)C. The van der Waals surface area contributed by atoms with Gasteiger partial charge in [-0.1, -0.05) is 0 Å². The molecule has 16 heavy (non-hydrogen) atoms. The Morgan fingerprint density at radius 3 is 1.50 bits per heavy atom. The van der Waals surface area contributed by atoms with Gasteiger partial charge in [-0.15, -0.1) is 0 Å². The van der Waals surface area contributed by atoms with Gasteiger partial charge in [0.15, 0.2) is 0 Å². The average molecular weight is 327 g/mol. The second-order valence-corrected chi connectivity index (χ2v) is 11.7. The van der Waals surface area contributed by atoms with E-state index in [0.29, 0.717) is 0 Å². The molecule has 0 amide bonds. The van der Waals surface area contributed by atoms with Crippen molar-refractivity contribution < 1.29 is 22.0 Å². The van der Waals surface area contributed by atoms with Gasteiger partial charge in [-0.05, 0) is 0 Å². The van der Waals surface area contributed by atoms with Gasteiger partial charge in [0.1, 0.15) is 0 Å². The molecular weight excluding hydrogens is 313 g/mol. The second kappa shape index (κ2) is 5.32. The zero-order chi connectivity index (χ0) is 13.3. The van der Waals surface area contributed by atoms with Gasteiger partial charge in [-0.2, -0.15) is 0 Å². The molecule has 0 unspecified atom stereocenters. The first-order valence-electron chi connectivity index (χ1n) is 4.68. The third kappa shape index (κ3) is 3.18. The van der Waals surface area contributed by atoms with Gasteiger partial charge in [0.2, 0.25) is 0 Å². The Morgan fingerprint density at radius 1 is 1.00 bits per heavy atom. The van der Waals surface area contributed by atoms with Crippen molar-refractivity contribution in [3.05, 3.63) is 11.4 Å². The van der Waals surface area contributed by atoms with Crippen LogP contribution in [-0.4, -0.2) is 32.6 Å². The van der Waals surface area contributed by atoms with Crippen LogP contribution in [0, 0.1) is 0 Å². The zero-order valence-electron chi connectivity index (χ0n) is 9.40. The number of alkyl halides is 3. The van der Waals surface area contributed by atoms with Crippen molar-refractivity contribution in [1.82, 2.24) is 0 Å². The van der Waals surface area contributed by atoms with Crippen LogP contribution in [0.25, 0.3) is 0 Å². The van der Waals surface area contributed by atoms with Gasteiger partial charge < -0.3 is 0 Å². The van der Waals surface area contributed by atoms with E-state index >= 15 is 0 Å². The van der Waals surface area contributed by atoms with Crippen molar-refractivity contribution in [3.8, 4) is 0 Å². The third-order valence-corrected chi connectivity index (χ3v) is 12.5. The standard InChI is InChI=1S/C9H14F5PSe/c1-5(2)15(16,6(3)4)8(11)7(10)9(12,13)14/h5-6H,1-4H3/b8-7+. The van der Waals surface area contributed by atoms with E-state index in [1.165, 1.54) is 0 Å². The minimum atomic E-state index is -5.25. The minimum absolute atomic E-state index is 0.374. The Morgan fingerprint density at radius 2 is 1.31 bits per heavy atom. The van der Waals surface area contributed by atoms with Crippen molar-refractivity contribution in [2.24, 2.45) is 0 Å². The van der Waals surface area contributed by atoms with Crippen molar-refractivity contribution in [2.75, 3.05) is 0 Å². The Kier molecular flexibility index (Phi) is 5.44.